The number of amides is 2. The van der Waals surface area contributed by atoms with Gasteiger partial charge in [0, 0.05) is 38.6 Å². The molecule has 1 aromatic rings. The van der Waals surface area contributed by atoms with Crippen LogP contribution in [0.4, 0.5) is 4.39 Å². The highest BCUT2D eigenvalue weighted by Crippen LogP contribution is 2.27. The van der Waals surface area contributed by atoms with Crippen LogP contribution in [-0.2, 0) is 20.9 Å². The molecule has 2 aliphatic rings. The molecule has 142 valence electrons. The Morgan fingerprint density at radius 2 is 2.08 bits per heavy atom. The molecular weight excluding hydrogens is 337 g/mol. The van der Waals surface area contributed by atoms with E-state index in [1.165, 1.54) is 12.1 Å². The van der Waals surface area contributed by atoms with Crippen LogP contribution in [0.2, 0.25) is 0 Å². The van der Waals surface area contributed by atoms with Gasteiger partial charge in [-0.1, -0.05) is 19.1 Å². The van der Waals surface area contributed by atoms with Gasteiger partial charge >= 0.3 is 0 Å². The molecule has 7 heteroatoms. The summed E-state index contributed by atoms with van der Waals surface area (Å²) in [5.74, 6) is -0.463. The summed E-state index contributed by atoms with van der Waals surface area (Å²) in [6, 6.07) is 5.74. The van der Waals surface area contributed by atoms with Crippen LogP contribution >= 0.6 is 0 Å². The van der Waals surface area contributed by atoms with Gasteiger partial charge in [-0.15, -0.1) is 0 Å². The lowest BCUT2D eigenvalue weighted by Gasteiger charge is -2.41. The van der Waals surface area contributed by atoms with Gasteiger partial charge in [0.05, 0.1) is 25.7 Å². The van der Waals surface area contributed by atoms with Crippen molar-refractivity contribution in [2.24, 2.45) is 5.41 Å². The first-order chi connectivity index (χ1) is 12.4. The number of halogens is 1. The summed E-state index contributed by atoms with van der Waals surface area (Å²) in [4.78, 5) is 28.7. The van der Waals surface area contributed by atoms with E-state index in [9.17, 15) is 14.0 Å². The number of hydrogen-bond acceptors (Lipinski definition) is 4. The average Bonchev–Trinajstić information content (AvgIpc) is 2.58. The fourth-order valence-corrected chi connectivity index (χ4v) is 3.52. The van der Waals surface area contributed by atoms with E-state index < -0.39 is 6.04 Å². The number of carbonyl (C=O) groups is 2. The predicted molar refractivity (Wildman–Crippen MR) is 94.8 cm³/mol. The van der Waals surface area contributed by atoms with Crippen molar-refractivity contribution in [1.82, 2.24) is 15.1 Å². The van der Waals surface area contributed by atoms with Gasteiger partial charge in [-0.3, -0.25) is 14.5 Å². The number of carbonyl (C=O) groups excluding carboxylic acids is 2. The maximum absolute atomic E-state index is 13.1. The Kier molecular flexibility index (Phi) is 5.58. The van der Waals surface area contributed by atoms with Gasteiger partial charge in [-0.2, -0.15) is 0 Å². The maximum Gasteiger partial charge on any atom is 0.237 e. The molecular formula is C19H26FN3O3. The van der Waals surface area contributed by atoms with Crippen molar-refractivity contribution in [3.8, 4) is 0 Å². The Bertz CT molecular complexity index is 660. The van der Waals surface area contributed by atoms with Gasteiger partial charge in [0.25, 0.3) is 0 Å². The van der Waals surface area contributed by atoms with Crippen molar-refractivity contribution >= 4 is 11.8 Å². The van der Waals surface area contributed by atoms with Crippen LogP contribution in [0.25, 0.3) is 0 Å². The number of ether oxygens (including phenoxy) is 1. The largest absolute Gasteiger partial charge is 0.380 e. The number of rotatable bonds is 6. The van der Waals surface area contributed by atoms with E-state index in [2.05, 4.69) is 12.2 Å². The zero-order chi connectivity index (χ0) is 18.7. The molecule has 6 nitrogen and oxygen atoms in total. The van der Waals surface area contributed by atoms with Crippen LogP contribution in [0.3, 0.4) is 0 Å². The molecule has 0 unspecified atom stereocenters. The molecule has 2 saturated heterocycles. The monoisotopic (exact) mass is 363 g/mol. The summed E-state index contributed by atoms with van der Waals surface area (Å²) in [5.41, 5.74) is 0.929. The lowest BCUT2D eigenvalue weighted by molar-refractivity contribution is -0.146. The summed E-state index contributed by atoms with van der Waals surface area (Å²) in [6.45, 7) is 5.76. The summed E-state index contributed by atoms with van der Waals surface area (Å²) >= 11 is 0. The molecule has 2 heterocycles. The van der Waals surface area contributed by atoms with Crippen LogP contribution in [0, 0.1) is 11.2 Å². The van der Waals surface area contributed by atoms with Gasteiger partial charge in [0.2, 0.25) is 11.8 Å². The first-order valence-corrected chi connectivity index (χ1v) is 8.94. The first-order valence-electron chi connectivity index (χ1n) is 8.94. The van der Waals surface area contributed by atoms with Crippen molar-refractivity contribution in [3.63, 3.8) is 0 Å². The Morgan fingerprint density at radius 1 is 1.38 bits per heavy atom. The van der Waals surface area contributed by atoms with E-state index in [0.717, 1.165) is 5.56 Å². The fourth-order valence-electron chi connectivity index (χ4n) is 3.52. The number of nitrogens with one attached hydrogen (secondary N) is 1. The van der Waals surface area contributed by atoms with Gasteiger partial charge < -0.3 is 15.0 Å². The minimum atomic E-state index is -0.505. The minimum Gasteiger partial charge on any atom is -0.380 e. The molecule has 0 bridgehead atoms. The SMILES string of the molecule is CN(CC1(C)COC1)C(=O)C[C@H]1C(=O)NCCN1Cc1ccc(F)cc1. The normalized spacial score (nSPS) is 22.4. The predicted octanol–water partition coefficient (Wildman–Crippen LogP) is 1.01. The molecule has 3 rings (SSSR count). The van der Waals surface area contributed by atoms with E-state index in [1.54, 1.807) is 24.1 Å². The van der Waals surface area contributed by atoms with Crippen molar-refractivity contribution in [2.45, 2.75) is 25.9 Å². The molecule has 1 aromatic carbocycles. The smallest absolute Gasteiger partial charge is 0.237 e. The lowest BCUT2D eigenvalue weighted by atomic mass is 9.88. The molecule has 2 aliphatic heterocycles. The molecule has 0 radical (unpaired) electrons. The van der Waals surface area contributed by atoms with Crippen molar-refractivity contribution in [3.05, 3.63) is 35.6 Å². The quantitative estimate of drug-likeness (QED) is 0.820. The van der Waals surface area contributed by atoms with E-state index in [4.69, 9.17) is 4.74 Å². The molecule has 2 fully saturated rings. The minimum absolute atomic E-state index is 0.00698. The molecule has 26 heavy (non-hydrogen) atoms. The fraction of sp³-hybridized carbons (Fsp3) is 0.579. The maximum atomic E-state index is 13.1. The van der Waals surface area contributed by atoms with Gasteiger partial charge in [-0.05, 0) is 17.7 Å². The van der Waals surface area contributed by atoms with Crippen molar-refractivity contribution < 1.29 is 18.7 Å². The van der Waals surface area contributed by atoms with Crippen LogP contribution in [0.5, 0.6) is 0 Å². The zero-order valence-corrected chi connectivity index (χ0v) is 15.3. The highest BCUT2D eigenvalue weighted by atomic mass is 19.1. The summed E-state index contributed by atoms with van der Waals surface area (Å²) in [5, 5.41) is 2.84. The van der Waals surface area contributed by atoms with Gasteiger partial charge in [0.1, 0.15) is 5.82 Å². The molecule has 0 aliphatic carbocycles. The Hall–Kier alpha value is -1.99. The van der Waals surface area contributed by atoms with Crippen molar-refractivity contribution in [2.75, 3.05) is 39.9 Å². The summed E-state index contributed by atoms with van der Waals surface area (Å²) in [6.07, 6.45) is 0.139. The number of hydrogen-bond donors (Lipinski definition) is 1. The Balaban J connectivity index is 1.63. The zero-order valence-electron chi connectivity index (χ0n) is 15.3. The van der Waals surface area contributed by atoms with E-state index in [0.29, 0.717) is 39.4 Å². The topological polar surface area (TPSA) is 61.9 Å². The third kappa shape index (κ3) is 4.40. The van der Waals surface area contributed by atoms with Crippen LogP contribution < -0.4 is 5.32 Å². The van der Waals surface area contributed by atoms with Gasteiger partial charge in [-0.25, -0.2) is 4.39 Å². The standard InChI is InChI=1S/C19H26FN3O3/c1-19(12-26-13-19)11-22(2)17(24)9-16-18(25)21-7-8-23(16)10-14-3-5-15(20)6-4-14/h3-6,16H,7-13H2,1-2H3,(H,21,25)/t16-/m0/s1. The molecule has 0 aromatic heterocycles. The molecule has 0 saturated carbocycles. The molecule has 2 amide bonds. The second kappa shape index (κ2) is 7.72. The molecule has 0 spiro atoms. The number of nitrogens with zero attached hydrogens (tertiary/aromatic N) is 2. The van der Waals surface area contributed by atoms with Gasteiger partial charge in [0.15, 0.2) is 0 Å². The Labute approximate surface area is 153 Å². The van der Waals surface area contributed by atoms with Crippen LogP contribution in [0.1, 0.15) is 18.9 Å². The molecule has 1 N–H and O–H groups in total. The summed E-state index contributed by atoms with van der Waals surface area (Å²) < 4.78 is 18.3. The lowest BCUT2D eigenvalue weighted by Crippen LogP contribution is -2.56. The average molecular weight is 363 g/mol. The first kappa shape index (κ1) is 18.8. The summed E-state index contributed by atoms with van der Waals surface area (Å²) in [7, 11) is 1.77. The van der Waals surface area contributed by atoms with E-state index in [1.807, 2.05) is 4.90 Å². The van der Waals surface area contributed by atoms with E-state index >= 15 is 0 Å². The highest BCUT2D eigenvalue weighted by Gasteiger charge is 2.37. The van der Waals surface area contributed by atoms with Crippen LogP contribution in [-0.4, -0.2) is 67.6 Å². The van der Waals surface area contributed by atoms with E-state index in [-0.39, 0.29) is 29.5 Å². The third-order valence-corrected chi connectivity index (χ3v) is 5.05. The second-order valence-corrected chi connectivity index (χ2v) is 7.66. The molecule has 1 atom stereocenters. The third-order valence-electron chi connectivity index (χ3n) is 5.05. The number of benzene rings is 1. The second-order valence-electron chi connectivity index (χ2n) is 7.66. The number of piperazine rings is 1. The van der Waals surface area contributed by atoms with Crippen LogP contribution in [0.15, 0.2) is 24.3 Å². The Morgan fingerprint density at radius 3 is 2.69 bits per heavy atom. The highest BCUT2D eigenvalue weighted by molar-refractivity contribution is 5.88. The van der Waals surface area contributed by atoms with Crippen molar-refractivity contribution in [1.29, 1.82) is 0 Å².